The lowest BCUT2D eigenvalue weighted by Crippen LogP contribution is -2.32. The van der Waals surface area contributed by atoms with E-state index in [0.29, 0.717) is 22.6 Å². The summed E-state index contributed by atoms with van der Waals surface area (Å²) in [6, 6.07) is 7.10. The van der Waals surface area contributed by atoms with Crippen molar-refractivity contribution in [2.24, 2.45) is 0 Å². The Morgan fingerprint density at radius 1 is 1.16 bits per heavy atom. The molecule has 0 aliphatic rings. The predicted octanol–water partition coefficient (Wildman–Crippen LogP) is 3.18. The number of carbonyl (C=O) groups excluding carboxylic acids is 2. The summed E-state index contributed by atoms with van der Waals surface area (Å²) in [4.78, 5) is 28.7. The van der Waals surface area contributed by atoms with Gasteiger partial charge in [-0.1, -0.05) is 13.0 Å². The Bertz CT molecular complexity index is 774. The van der Waals surface area contributed by atoms with Crippen LogP contribution in [0.25, 0.3) is 0 Å². The van der Waals surface area contributed by atoms with Crippen molar-refractivity contribution in [1.29, 1.82) is 0 Å². The Kier molecular flexibility index (Phi) is 6.11. The van der Waals surface area contributed by atoms with Crippen LogP contribution in [-0.2, 0) is 0 Å². The van der Waals surface area contributed by atoms with Crippen LogP contribution in [0.3, 0.4) is 0 Å². The monoisotopic (exact) mass is 341 g/mol. The molecule has 0 radical (unpaired) electrons. The highest BCUT2D eigenvalue weighted by molar-refractivity contribution is 6.06. The Morgan fingerprint density at radius 2 is 1.84 bits per heavy atom. The normalized spacial score (nSPS) is 11.5. The fraction of sp³-hybridized carbons (Fsp3) is 0.316. The van der Waals surface area contributed by atoms with Crippen molar-refractivity contribution in [3.8, 4) is 5.75 Å². The number of amides is 2. The van der Waals surface area contributed by atoms with E-state index in [2.05, 4.69) is 15.6 Å². The average molecular weight is 341 g/mol. The summed E-state index contributed by atoms with van der Waals surface area (Å²) in [5, 5.41) is 5.66. The van der Waals surface area contributed by atoms with Crippen LogP contribution in [0.5, 0.6) is 5.75 Å². The van der Waals surface area contributed by atoms with Gasteiger partial charge in [0.1, 0.15) is 5.75 Å². The molecule has 6 heteroatoms. The van der Waals surface area contributed by atoms with Gasteiger partial charge in [0.25, 0.3) is 11.8 Å². The molecule has 0 fully saturated rings. The standard InChI is InChI=1S/C19H23N3O3/c1-5-13(3)21-18(23)14-9-15(11-20-10-14)19(24)22-16-8-12(2)6-7-17(16)25-4/h6-11,13H,5H2,1-4H3,(H,21,23)(H,22,24). The van der Waals surface area contributed by atoms with Crippen LogP contribution in [0.4, 0.5) is 5.69 Å². The Balaban J connectivity index is 2.19. The van der Waals surface area contributed by atoms with E-state index in [-0.39, 0.29) is 17.9 Å². The third-order valence-electron chi connectivity index (χ3n) is 3.86. The zero-order valence-corrected chi connectivity index (χ0v) is 14.9. The van der Waals surface area contributed by atoms with E-state index >= 15 is 0 Å². The summed E-state index contributed by atoms with van der Waals surface area (Å²) in [5.74, 6) is -0.0307. The van der Waals surface area contributed by atoms with Crippen molar-refractivity contribution in [2.75, 3.05) is 12.4 Å². The molecule has 1 aromatic carbocycles. The predicted molar refractivity (Wildman–Crippen MR) is 97.1 cm³/mol. The van der Waals surface area contributed by atoms with Crippen LogP contribution in [0.1, 0.15) is 46.5 Å². The van der Waals surface area contributed by atoms with Gasteiger partial charge in [-0.05, 0) is 44.0 Å². The summed E-state index contributed by atoms with van der Waals surface area (Å²) < 4.78 is 5.26. The third-order valence-corrected chi connectivity index (χ3v) is 3.86. The van der Waals surface area contributed by atoms with Crippen molar-refractivity contribution in [3.63, 3.8) is 0 Å². The van der Waals surface area contributed by atoms with E-state index < -0.39 is 0 Å². The van der Waals surface area contributed by atoms with Gasteiger partial charge in [-0.25, -0.2) is 0 Å². The minimum absolute atomic E-state index is 0.0570. The smallest absolute Gasteiger partial charge is 0.257 e. The molecule has 2 aromatic rings. The van der Waals surface area contributed by atoms with E-state index in [9.17, 15) is 9.59 Å². The van der Waals surface area contributed by atoms with E-state index in [1.165, 1.54) is 18.5 Å². The maximum absolute atomic E-state index is 12.5. The zero-order valence-electron chi connectivity index (χ0n) is 14.9. The van der Waals surface area contributed by atoms with Crippen molar-refractivity contribution in [1.82, 2.24) is 10.3 Å². The topological polar surface area (TPSA) is 80.3 Å². The first-order chi connectivity index (χ1) is 11.9. The summed E-state index contributed by atoms with van der Waals surface area (Å²) in [5.41, 5.74) is 2.22. The van der Waals surface area contributed by atoms with Crippen LogP contribution >= 0.6 is 0 Å². The first-order valence-electron chi connectivity index (χ1n) is 8.16. The molecule has 0 saturated heterocycles. The van der Waals surface area contributed by atoms with Crippen molar-refractivity contribution >= 4 is 17.5 Å². The number of methoxy groups -OCH3 is 1. The number of pyridine rings is 1. The van der Waals surface area contributed by atoms with Gasteiger partial charge in [0.2, 0.25) is 0 Å². The highest BCUT2D eigenvalue weighted by Gasteiger charge is 2.14. The van der Waals surface area contributed by atoms with Gasteiger partial charge in [0, 0.05) is 18.4 Å². The maximum atomic E-state index is 12.5. The molecule has 6 nitrogen and oxygen atoms in total. The third kappa shape index (κ3) is 4.79. The minimum Gasteiger partial charge on any atom is -0.495 e. The lowest BCUT2D eigenvalue weighted by atomic mass is 10.1. The number of hydrogen-bond acceptors (Lipinski definition) is 4. The van der Waals surface area contributed by atoms with E-state index in [1.807, 2.05) is 32.9 Å². The Hall–Kier alpha value is -2.89. The maximum Gasteiger partial charge on any atom is 0.257 e. The summed E-state index contributed by atoms with van der Waals surface area (Å²) in [7, 11) is 1.54. The number of aromatic nitrogens is 1. The second-order valence-corrected chi connectivity index (χ2v) is 5.90. The molecule has 0 saturated carbocycles. The molecule has 132 valence electrons. The summed E-state index contributed by atoms with van der Waals surface area (Å²) in [6.45, 7) is 5.84. The van der Waals surface area contributed by atoms with Crippen LogP contribution in [0.15, 0.2) is 36.7 Å². The summed E-state index contributed by atoms with van der Waals surface area (Å²) in [6.07, 6.45) is 3.70. The number of hydrogen-bond donors (Lipinski definition) is 2. The molecule has 1 aromatic heterocycles. The first kappa shape index (κ1) is 18.4. The molecule has 2 N–H and O–H groups in total. The van der Waals surface area contributed by atoms with Crippen LogP contribution in [-0.4, -0.2) is 29.9 Å². The van der Waals surface area contributed by atoms with Gasteiger partial charge in [-0.15, -0.1) is 0 Å². The molecular formula is C19H23N3O3. The van der Waals surface area contributed by atoms with Crippen LogP contribution < -0.4 is 15.4 Å². The number of aryl methyl sites for hydroxylation is 1. The SMILES string of the molecule is CCC(C)NC(=O)c1cncc(C(=O)Nc2cc(C)ccc2OC)c1. The van der Waals surface area contributed by atoms with Crippen molar-refractivity contribution in [2.45, 2.75) is 33.2 Å². The number of ether oxygens (including phenoxy) is 1. The quantitative estimate of drug-likeness (QED) is 0.846. The molecular weight excluding hydrogens is 318 g/mol. The number of benzene rings is 1. The zero-order chi connectivity index (χ0) is 18.4. The number of rotatable bonds is 6. The molecule has 1 unspecified atom stereocenters. The minimum atomic E-state index is -0.352. The van der Waals surface area contributed by atoms with Gasteiger partial charge < -0.3 is 15.4 Å². The van der Waals surface area contributed by atoms with Crippen molar-refractivity contribution < 1.29 is 14.3 Å². The Labute approximate surface area is 147 Å². The molecule has 2 rings (SSSR count). The van der Waals surface area contributed by atoms with E-state index in [0.717, 1.165) is 12.0 Å². The lowest BCUT2D eigenvalue weighted by molar-refractivity contribution is 0.0939. The fourth-order valence-electron chi connectivity index (χ4n) is 2.21. The number of nitrogens with zero attached hydrogens (tertiary/aromatic N) is 1. The van der Waals surface area contributed by atoms with Gasteiger partial charge in [0.15, 0.2) is 0 Å². The second-order valence-electron chi connectivity index (χ2n) is 5.90. The highest BCUT2D eigenvalue weighted by Crippen LogP contribution is 2.25. The highest BCUT2D eigenvalue weighted by atomic mass is 16.5. The number of nitrogens with one attached hydrogen (secondary N) is 2. The van der Waals surface area contributed by atoms with Crippen molar-refractivity contribution in [3.05, 3.63) is 53.3 Å². The summed E-state index contributed by atoms with van der Waals surface area (Å²) >= 11 is 0. The van der Waals surface area contributed by atoms with Gasteiger partial charge in [-0.2, -0.15) is 0 Å². The van der Waals surface area contributed by atoms with Gasteiger partial charge in [0.05, 0.1) is 23.9 Å². The molecule has 0 spiro atoms. The molecule has 1 heterocycles. The van der Waals surface area contributed by atoms with E-state index in [4.69, 9.17) is 4.74 Å². The molecule has 0 bridgehead atoms. The first-order valence-corrected chi connectivity index (χ1v) is 8.16. The Morgan fingerprint density at radius 3 is 2.48 bits per heavy atom. The average Bonchev–Trinajstić information content (AvgIpc) is 2.61. The number of anilines is 1. The molecule has 25 heavy (non-hydrogen) atoms. The fourth-order valence-corrected chi connectivity index (χ4v) is 2.21. The van der Waals surface area contributed by atoms with Crippen LogP contribution in [0.2, 0.25) is 0 Å². The molecule has 2 amide bonds. The second kappa shape index (κ2) is 8.28. The van der Waals surface area contributed by atoms with Crippen LogP contribution in [0, 0.1) is 6.92 Å². The van der Waals surface area contributed by atoms with E-state index in [1.54, 1.807) is 13.2 Å². The van der Waals surface area contributed by atoms with Gasteiger partial charge >= 0.3 is 0 Å². The largest absolute Gasteiger partial charge is 0.495 e. The number of carbonyl (C=O) groups is 2. The molecule has 1 atom stereocenters. The van der Waals surface area contributed by atoms with Gasteiger partial charge in [-0.3, -0.25) is 14.6 Å². The molecule has 0 aliphatic heterocycles. The molecule has 0 aliphatic carbocycles. The lowest BCUT2D eigenvalue weighted by Gasteiger charge is -2.13.